The van der Waals surface area contributed by atoms with E-state index in [4.69, 9.17) is 0 Å². The van der Waals surface area contributed by atoms with Crippen LogP contribution in [0.25, 0.3) is 0 Å². The molecule has 0 spiro atoms. The van der Waals surface area contributed by atoms with Gasteiger partial charge in [0.2, 0.25) is 10.0 Å². The third-order valence-electron chi connectivity index (χ3n) is 3.11. The fourth-order valence-corrected chi connectivity index (χ4v) is 3.32. The molecular weight excluding hydrogens is 234 g/mol. The predicted molar refractivity (Wildman–Crippen MR) is 68.3 cm³/mol. The average Bonchev–Trinajstić information content (AvgIpc) is 2.64. The minimum absolute atomic E-state index is 0.0960. The molecular formula is C13H17NO2S. The minimum atomic E-state index is -3.40. The summed E-state index contributed by atoms with van der Waals surface area (Å²) in [4.78, 5) is 0.322. The summed E-state index contributed by atoms with van der Waals surface area (Å²) in [6, 6.07) is 6.78. The lowest BCUT2D eigenvalue weighted by molar-refractivity contribution is 0.568. The van der Waals surface area contributed by atoms with E-state index in [0.717, 1.165) is 30.4 Å². The topological polar surface area (TPSA) is 46.2 Å². The normalized spacial score (nSPS) is 20.8. The molecule has 0 heterocycles. The number of nitrogens with one attached hydrogen (secondary N) is 1. The van der Waals surface area contributed by atoms with Gasteiger partial charge in [0.25, 0.3) is 0 Å². The van der Waals surface area contributed by atoms with Crippen LogP contribution in [0, 0.1) is 6.92 Å². The highest BCUT2D eigenvalue weighted by Gasteiger charge is 2.25. The van der Waals surface area contributed by atoms with E-state index in [2.05, 4.69) is 11.3 Å². The summed E-state index contributed by atoms with van der Waals surface area (Å²) in [6.07, 6.45) is 2.78. The second-order valence-corrected chi connectivity index (χ2v) is 6.25. The zero-order valence-electron chi connectivity index (χ0n) is 9.94. The molecule has 0 saturated heterocycles. The molecule has 1 aliphatic rings. The van der Waals surface area contributed by atoms with Crippen LogP contribution < -0.4 is 4.72 Å². The molecule has 0 radical (unpaired) electrons. The van der Waals surface area contributed by atoms with Gasteiger partial charge in [0, 0.05) is 6.04 Å². The number of hydrogen-bond acceptors (Lipinski definition) is 2. The standard InChI is InChI=1S/C13H17NO2S/c1-10-6-8-12(9-7-10)17(15,16)14-13-5-3-4-11(13)2/h6-9,13-14H,2-5H2,1H3. The van der Waals surface area contributed by atoms with Crippen LogP contribution in [0.2, 0.25) is 0 Å². The Labute approximate surface area is 103 Å². The van der Waals surface area contributed by atoms with E-state index in [1.165, 1.54) is 0 Å². The van der Waals surface area contributed by atoms with Gasteiger partial charge in [0.1, 0.15) is 0 Å². The largest absolute Gasteiger partial charge is 0.241 e. The molecule has 0 aliphatic heterocycles. The van der Waals surface area contributed by atoms with Crippen molar-refractivity contribution in [3.05, 3.63) is 42.0 Å². The van der Waals surface area contributed by atoms with Crippen LogP contribution in [-0.2, 0) is 10.0 Å². The fourth-order valence-electron chi connectivity index (χ4n) is 2.03. The third kappa shape index (κ3) is 2.76. The molecule has 2 rings (SSSR count). The van der Waals surface area contributed by atoms with Crippen molar-refractivity contribution in [2.45, 2.75) is 37.1 Å². The molecule has 1 atom stereocenters. The van der Waals surface area contributed by atoms with Crippen LogP contribution in [0.1, 0.15) is 24.8 Å². The third-order valence-corrected chi connectivity index (χ3v) is 4.60. The van der Waals surface area contributed by atoms with Crippen LogP contribution in [0.5, 0.6) is 0 Å². The van der Waals surface area contributed by atoms with Crippen LogP contribution >= 0.6 is 0 Å². The van der Waals surface area contributed by atoms with Gasteiger partial charge in [-0.05, 0) is 38.3 Å². The highest BCUT2D eigenvalue weighted by molar-refractivity contribution is 7.89. The molecule has 0 aromatic heterocycles. The van der Waals surface area contributed by atoms with Gasteiger partial charge in [-0.15, -0.1) is 0 Å². The van der Waals surface area contributed by atoms with Crippen LogP contribution in [0.3, 0.4) is 0 Å². The van der Waals surface area contributed by atoms with Crippen molar-refractivity contribution in [3.8, 4) is 0 Å². The van der Waals surface area contributed by atoms with Gasteiger partial charge in [0.05, 0.1) is 4.90 Å². The molecule has 1 aliphatic carbocycles. The predicted octanol–water partition coefficient (Wildman–Crippen LogP) is 2.38. The van der Waals surface area contributed by atoms with Gasteiger partial charge in [-0.2, -0.15) is 0 Å². The van der Waals surface area contributed by atoms with Crippen molar-refractivity contribution in [2.24, 2.45) is 0 Å². The van der Waals surface area contributed by atoms with E-state index in [-0.39, 0.29) is 6.04 Å². The molecule has 1 fully saturated rings. The molecule has 3 nitrogen and oxygen atoms in total. The molecule has 92 valence electrons. The Hall–Kier alpha value is -1.13. The molecule has 0 bridgehead atoms. The van der Waals surface area contributed by atoms with Crippen LogP contribution in [0.15, 0.2) is 41.3 Å². The van der Waals surface area contributed by atoms with Crippen molar-refractivity contribution >= 4 is 10.0 Å². The van der Waals surface area contributed by atoms with Crippen molar-refractivity contribution in [2.75, 3.05) is 0 Å². The van der Waals surface area contributed by atoms with Gasteiger partial charge in [-0.1, -0.05) is 29.8 Å². The second kappa shape index (κ2) is 4.63. The van der Waals surface area contributed by atoms with Gasteiger partial charge in [0.15, 0.2) is 0 Å². The van der Waals surface area contributed by atoms with Crippen molar-refractivity contribution in [1.29, 1.82) is 0 Å². The van der Waals surface area contributed by atoms with Gasteiger partial charge < -0.3 is 0 Å². The molecule has 1 unspecified atom stereocenters. The fraction of sp³-hybridized carbons (Fsp3) is 0.385. The zero-order valence-corrected chi connectivity index (χ0v) is 10.8. The molecule has 1 N–H and O–H groups in total. The van der Waals surface area contributed by atoms with Gasteiger partial charge in [-0.3, -0.25) is 0 Å². The Morgan fingerprint density at radius 2 is 1.94 bits per heavy atom. The molecule has 0 amide bonds. The lowest BCUT2D eigenvalue weighted by Gasteiger charge is -2.14. The van der Waals surface area contributed by atoms with E-state index >= 15 is 0 Å². The summed E-state index contributed by atoms with van der Waals surface area (Å²) in [5.41, 5.74) is 2.04. The van der Waals surface area contributed by atoms with E-state index in [9.17, 15) is 8.42 Å². The second-order valence-electron chi connectivity index (χ2n) is 4.54. The summed E-state index contributed by atoms with van der Waals surface area (Å²) < 4.78 is 26.9. The molecule has 4 heteroatoms. The van der Waals surface area contributed by atoms with Crippen molar-refractivity contribution < 1.29 is 8.42 Å². The Morgan fingerprint density at radius 1 is 1.29 bits per heavy atom. The highest BCUT2D eigenvalue weighted by atomic mass is 32.2. The Morgan fingerprint density at radius 3 is 2.47 bits per heavy atom. The maximum atomic E-state index is 12.1. The first kappa shape index (κ1) is 12.3. The minimum Gasteiger partial charge on any atom is -0.207 e. The quantitative estimate of drug-likeness (QED) is 0.838. The number of rotatable bonds is 3. The Kier molecular flexibility index (Phi) is 3.35. The SMILES string of the molecule is C=C1CCCC1NS(=O)(=O)c1ccc(C)cc1. The molecule has 1 aromatic rings. The number of sulfonamides is 1. The zero-order chi connectivity index (χ0) is 12.5. The number of aryl methyl sites for hydroxylation is 1. The number of hydrogen-bond donors (Lipinski definition) is 1. The first-order valence-corrected chi connectivity index (χ1v) is 7.24. The Bertz CT molecular complexity index is 517. The van der Waals surface area contributed by atoms with Gasteiger partial charge >= 0.3 is 0 Å². The molecule has 1 saturated carbocycles. The summed E-state index contributed by atoms with van der Waals surface area (Å²) in [7, 11) is -3.40. The average molecular weight is 251 g/mol. The Balaban J connectivity index is 2.19. The maximum absolute atomic E-state index is 12.1. The first-order chi connectivity index (χ1) is 7.99. The van der Waals surface area contributed by atoms with Crippen molar-refractivity contribution in [1.82, 2.24) is 4.72 Å². The lowest BCUT2D eigenvalue weighted by Crippen LogP contribution is -2.33. The maximum Gasteiger partial charge on any atom is 0.241 e. The summed E-state index contributed by atoms with van der Waals surface area (Å²) in [5, 5.41) is 0. The monoisotopic (exact) mass is 251 g/mol. The van der Waals surface area contributed by atoms with E-state index < -0.39 is 10.0 Å². The molecule has 17 heavy (non-hydrogen) atoms. The van der Waals surface area contributed by atoms with Gasteiger partial charge in [-0.25, -0.2) is 13.1 Å². The van der Waals surface area contributed by atoms with E-state index in [1.807, 2.05) is 6.92 Å². The van der Waals surface area contributed by atoms with Crippen LogP contribution in [-0.4, -0.2) is 14.5 Å². The summed E-state index contributed by atoms with van der Waals surface area (Å²) in [5.74, 6) is 0. The smallest absolute Gasteiger partial charge is 0.207 e. The van der Waals surface area contributed by atoms with E-state index in [1.54, 1.807) is 24.3 Å². The molecule has 1 aromatic carbocycles. The van der Waals surface area contributed by atoms with Crippen LogP contribution in [0.4, 0.5) is 0 Å². The van der Waals surface area contributed by atoms with Crippen molar-refractivity contribution in [3.63, 3.8) is 0 Å². The first-order valence-electron chi connectivity index (χ1n) is 5.76. The summed E-state index contributed by atoms with van der Waals surface area (Å²) in [6.45, 7) is 5.83. The van der Waals surface area contributed by atoms with E-state index in [0.29, 0.717) is 4.90 Å². The highest BCUT2D eigenvalue weighted by Crippen LogP contribution is 2.24. The lowest BCUT2D eigenvalue weighted by atomic mass is 10.2. The summed E-state index contributed by atoms with van der Waals surface area (Å²) >= 11 is 0. The number of benzene rings is 1.